The summed E-state index contributed by atoms with van der Waals surface area (Å²) < 4.78 is 15.5. The lowest BCUT2D eigenvalue weighted by Gasteiger charge is -2.21. The van der Waals surface area contributed by atoms with Gasteiger partial charge in [-0.3, -0.25) is 10.3 Å². The number of methoxy groups -OCH3 is 1. The fourth-order valence-electron chi connectivity index (χ4n) is 3.39. The van der Waals surface area contributed by atoms with Gasteiger partial charge in [-0.15, -0.1) is 0 Å². The number of benzene rings is 2. The summed E-state index contributed by atoms with van der Waals surface area (Å²) in [6, 6.07) is 20.9. The van der Waals surface area contributed by atoms with E-state index in [4.69, 9.17) is 14.2 Å². The van der Waals surface area contributed by atoms with Crippen LogP contribution in [-0.2, 0) is 32.0 Å². The highest BCUT2D eigenvalue weighted by Crippen LogP contribution is 2.24. The predicted octanol–water partition coefficient (Wildman–Crippen LogP) is 5.11. The van der Waals surface area contributed by atoms with E-state index in [1.54, 1.807) is 32.9 Å². The number of rotatable bonds is 8. The molecule has 3 rings (SSSR count). The number of ether oxygens (including phenoxy) is 3. The van der Waals surface area contributed by atoms with Crippen molar-refractivity contribution in [1.29, 1.82) is 0 Å². The summed E-state index contributed by atoms with van der Waals surface area (Å²) in [4.78, 5) is 42.2. The summed E-state index contributed by atoms with van der Waals surface area (Å²) in [7, 11) is 1.22. The lowest BCUT2D eigenvalue weighted by atomic mass is 10.1. The number of hydrogen-bond acceptors (Lipinski definition) is 7. The van der Waals surface area contributed by atoms with Gasteiger partial charge >= 0.3 is 18.2 Å². The van der Waals surface area contributed by atoms with Crippen LogP contribution in [0.1, 0.15) is 32.0 Å². The first-order valence-corrected chi connectivity index (χ1v) is 11.7. The molecule has 1 aromatic heterocycles. The Kier molecular flexibility index (Phi) is 9.21. The molecule has 0 saturated heterocycles. The molecule has 2 N–H and O–H groups in total. The van der Waals surface area contributed by atoms with Gasteiger partial charge in [0.1, 0.15) is 18.2 Å². The number of esters is 1. The predicted molar refractivity (Wildman–Crippen MR) is 139 cm³/mol. The average molecular weight is 506 g/mol. The maximum absolute atomic E-state index is 12.6. The summed E-state index contributed by atoms with van der Waals surface area (Å²) in [5.74, 6) is -0.688. The van der Waals surface area contributed by atoms with Crippen molar-refractivity contribution in [3.63, 3.8) is 0 Å². The second kappa shape index (κ2) is 12.5. The van der Waals surface area contributed by atoms with Crippen LogP contribution in [0.15, 0.2) is 72.8 Å². The zero-order valence-corrected chi connectivity index (χ0v) is 21.3. The van der Waals surface area contributed by atoms with Crippen LogP contribution >= 0.6 is 0 Å². The lowest BCUT2D eigenvalue weighted by Crippen LogP contribution is -2.43. The molecular weight excluding hydrogens is 474 g/mol. The smallest absolute Gasteiger partial charge is 0.412 e. The fourth-order valence-corrected chi connectivity index (χ4v) is 3.39. The van der Waals surface area contributed by atoms with E-state index in [0.717, 1.165) is 11.1 Å². The van der Waals surface area contributed by atoms with E-state index >= 15 is 0 Å². The van der Waals surface area contributed by atoms with Gasteiger partial charge in [0.2, 0.25) is 0 Å². The zero-order valence-electron chi connectivity index (χ0n) is 21.3. The highest BCUT2D eigenvalue weighted by atomic mass is 16.6. The minimum absolute atomic E-state index is 0.0355. The molecular formula is C28H31N3O6. The number of amides is 2. The van der Waals surface area contributed by atoms with Crippen LogP contribution in [0.4, 0.5) is 15.3 Å². The minimum atomic E-state index is -1.12. The Labute approximate surface area is 216 Å². The van der Waals surface area contributed by atoms with Gasteiger partial charge in [0, 0.05) is 12.0 Å². The molecule has 2 aromatic carbocycles. The second-order valence-corrected chi connectivity index (χ2v) is 9.17. The van der Waals surface area contributed by atoms with Crippen molar-refractivity contribution >= 4 is 23.8 Å². The SMILES string of the molecule is COC(=O)C(Cc1nc(-c2ccccc2)ccc1NC(=O)OC(C)(C)C)NC(=O)OCc1ccccc1. The first kappa shape index (κ1) is 27.2. The highest BCUT2D eigenvalue weighted by Gasteiger charge is 2.26. The third kappa shape index (κ3) is 8.64. The van der Waals surface area contributed by atoms with Crippen LogP contribution in [0.5, 0.6) is 0 Å². The first-order valence-electron chi connectivity index (χ1n) is 11.7. The van der Waals surface area contributed by atoms with Crippen LogP contribution < -0.4 is 10.6 Å². The molecule has 37 heavy (non-hydrogen) atoms. The molecule has 0 radical (unpaired) electrons. The highest BCUT2D eigenvalue weighted by molar-refractivity contribution is 5.87. The number of nitrogens with zero attached hydrogens (tertiary/aromatic N) is 1. The number of carbonyl (C=O) groups excluding carboxylic acids is 3. The number of hydrogen-bond donors (Lipinski definition) is 2. The van der Waals surface area contributed by atoms with E-state index in [1.807, 2.05) is 60.7 Å². The third-order valence-electron chi connectivity index (χ3n) is 5.07. The minimum Gasteiger partial charge on any atom is -0.467 e. The molecule has 0 fully saturated rings. The number of aromatic nitrogens is 1. The van der Waals surface area contributed by atoms with Crippen molar-refractivity contribution in [2.24, 2.45) is 0 Å². The zero-order chi connectivity index (χ0) is 26.8. The van der Waals surface area contributed by atoms with Crippen molar-refractivity contribution in [3.05, 3.63) is 84.1 Å². The largest absolute Gasteiger partial charge is 0.467 e. The van der Waals surface area contributed by atoms with E-state index in [9.17, 15) is 14.4 Å². The molecule has 3 aromatic rings. The van der Waals surface area contributed by atoms with Gasteiger partial charge in [-0.25, -0.2) is 14.4 Å². The summed E-state index contributed by atoms with van der Waals surface area (Å²) in [6.45, 7) is 5.29. The fraction of sp³-hybridized carbons (Fsp3) is 0.286. The molecule has 0 aliphatic carbocycles. The van der Waals surface area contributed by atoms with Crippen molar-refractivity contribution < 1.29 is 28.6 Å². The molecule has 0 aliphatic rings. The topological polar surface area (TPSA) is 116 Å². The summed E-state index contributed by atoms with van der Waals surface area (Å²) in [5, 5.41) is 5.23. The Morgan fingerprint density at radius 1 is 0.892 bits per heavy atom. The molecule has 1 atom stereocenters. The maximum atomic E-state index is 12.6. The summed E-state index contributed by atoms with van der Waals surface area (Å²) in [6.07, 6.45) is -1.54. The second-order valence-electron chi connectivity index (χ2n) is 9.17. The molecule has 1 unspecified atom stereocenters. The number of carbonyl (C=O) groups is 3. The Morgan fingerprint density at radius 2 is 1.54 bits per heavy atom. The van der Waals surface area contributed by atoms with Crippen molar-refractivity contribution in [2.45, 2.75) is 45.4 Å². The van der Waals surface area contributed by atoms with Crippen LogP contribution in [-0.4, -0.2) is 41.9 Å². The first-order chi connectivity index (χ1) is 17.6. The number of alkyl carbamates (subject to hydrolysis) is 1. The summed E-state index contributed by atoms with van der Waals surface area (Å²) >= 11 is 0. The molecule has 2 amide bonds. The molecule has 0 spiro atoms. The van der Waals surface area contributed by atoms with E-state index in [-0.39, 0.29) is 13.0 Å². The molecule has 9 nitrogen and oxygen atoms in total. The van der Waals surface area contributed by atoms with Crippen molar-refractivity contribution in [3.8, 4) is 11.3 Å². The Bertz CT molecular complexity index is 1210. The van der Waals surface area contributed by atoms with Gasteiger partial charge < -0.3 is 19.5 Å². The molecule has 194 valence electrons. The average Bonchev–Trinajstić information content (AvgIpc) is 2.87. The Morgan fingerprint density at radius 3 is 2.16 bits per heavy atom. The van der Waals surface area contributed by atoms with Crippen molar-refractivity contribution in [1.82, 2.24) is 10.3 Å². The van der Waals surface area contributed by atoms with E-state index in [0.29, 0.717) is 17.1 Å². The lowest BCUT2D eigenvalue weighted by molar-refractivity contribution is -0.143. The van der Waals surface area contributed by atoms with Gasteiger partial charge in [0.15, 0.2) is 0 Å². The van der Waals surface area contributed by atoms with Gasteiger partial charge in [0.05, 0.1) is 24.2 Å². The van der Waals surface area contributed by atoms with Gasteiger partial charge in [0.25, 0.3) is 0 Å². The number of pyridine rings is 1. The van der Waals surface area contributed by atoms with Crippen molar-refractivity contribution in [2.75, 3.05) is 12.4 Å². The van der Waals surface area contributed by atoms with Crippen LogP contribution in [0.25, 0.3) is 11.3 Å². The van der Waals surface area contributed by atoms with E-state index in [1.165, 1.54) is 7.11 Å². The third-order valence-corrected chi connectivity index (χ3v) is 5.07. The molecule has 9 heteroatoms. The van der Waals surface area contributed by atoms with E-state index < -0.39 is 29.8 Å². The normalized spacial score (nSPS) is 11.7. The van der Waals surface area contributed by atoms with Gasteiger partial charge in [-0.05, 0) is 38.5 Å². The van der Waals surface area contributed by atoms with Crippen LogP contribution in [0, 0.1) is 0 Å². The quantitative estimate of drug-likeness (QED) is 0.323. The standard InChI is InChI=1S/C28H31N3O6/c1-28(2,3)37-27(34)30-22-16-15-21(20-13-9-6-10-14-20)29-23(22)17-24(25(32)35-4)31-26(33)36-18-19-11-7-5-8-12-19/h5-16,24H,17-18H2,1-4H3,(H,30,34)(H,31,33). The van der Waals surface area contributed by atoms with Crippen LogP contribution in [0.3, 0.4) is 0 Å². The maximum Gasteiger partial charge on any atom is 0.412 e. The Balaban J connectivity index is 1.84. The number of nitrogens with one attached hydrogen (secondary N) is 2. The Hall–Kier alpha value is -4.40. The summed E-state index contributed by atoms with van der Waals surface area (Å²) in [5.41, 5.74) is 2.25. The molecule has 0 bridgehead atoms. The molecule has 0 saturated carbocycles. The molecule has 1 heterocycles. The van der Waals surface area contributed by atoms with Gasteiger partial charge in [-0.2, -0.15) is 0 Å². The van der Waals surface area contributed by atoms with Crippen LogP contribution in [0.2, 0.25) is 0 Å². The monoisotopic (exact) mass is 505 g/mol. The molecule has 0 aliphatic heterocycles. The van der Waals surface area contributed by atoms with E-state index in [2.05, 4.69) is 15.6 Å². The number of anilines is 1. The van der Waals surface area contributed by atoms with Gasteiger partial charge in [-0.1, -0.05) is 60.7 Å².